The molecule has 1 heterocycles. The van der Waals surface area contributed by atoms with E-state index in [4.69, 9.17) is 6.42 Å². The summed E-state index contributed by atoms with van der Waals surface area (Å²) < 4.78 is 1.56. The molecule has 68 valence electrons. The Bertz CT molecular complexity index is 335. The van der Waals surface area contributed by atoms with Gasteiger partial charge < -0.3 is 5.32 Å². The van der Waals surface area contributed by atoms with Crippen molar-refractivity contribution in [2.45, 2.75) is 6.54 Å². The average molecular weight is 177 g/mol. The van der Waals surface area contributed by atoms with Gasteiger partial charge in [-0.05, 0) is 7.05 Å². The number of hydrogen-bond acceptors (Lipinski definition) is 3. The number of carbonyl (C=O) groups is 1. The lowest BCUT2D eigenvalue weighted by molar-refractivity contribution is 0.0993. The number of nitrogens with one attached hydrogen (secondary N) is 1. The standard InChI is InChI=1S/C9H11N3O/c1-3-4-12-7-8(5-11-12)9(13)6-10-2/h1,5,7,10H,4,6H2,2H3. The van der Waals surface area contributed by atoms with E-state index in [0.29, 0.717) is 18.7 Å². The average Bonchev–Trinajstić information content (AvgIpc) is 2.54. The second-order valence-corrected chi connectivity index (χ2v) is 2.58. The van der Waals surface area contributed by atoms with E-state index in [9.17, 15) is 4.79 Å². The monoisotopic (exact) mass is 177 g/mol. The Labute approximate surface area is 76.9 Å². The van der Waals surface area contributed by atoms with Crippen molar-refractivity contribution in [3.63, 3.8) is 0 Å². The van der Waals surface area contributed by atoms with Crippen LogP contribution in [0.5, 0.6) is 0 Å². The normalized spacial score (nSPS) is 9.54. The molecule has 0 radical (unpaired) electrons. The molecule has 0 bridgehead atoms. The summed E-state index contributed by atoms with van der Waals surface area (Å²) in [5.41, 5.74) is 0.588. The van der Waals surface area contributed by atoms with Crippen molar-refractivity contribution in [3.05, 3.63) is 18.0 Å². The van der Waals surface area contributed by atoms with Crippen molar-refractivity contribution in [1.82, 2.24) is 15.1 Å². The number of Topliss-reactive ketones (excluding diaryl/α,β-unsaturated/α-hetero) is 1. The first-order valence-electron chi connectivity index (χ1n) is 3.91. The maximum atomic E-state index is 11.3. The first kappa shape index (κ1) is 9.49. The van der Waals surface area contributed by atoms with Crippen LogP contribution in [0, 0.1) is 12.3 Å². The number of carbonyl (C=O) groups excluding carboxylic acids is 1. The minimum absolute atomic E-state index is 0.0192. The van der Waals surface area contributed by atoms with E-state index in [2.05, 4.69) is 16.3 Å². The molecule has 0 aromatic carbocycles. The summed E-state index contributed by atoms with van der Waals surface area (Å²) >= 11 is 0. The van der Waals surface area contributed by atoms with Gasteiger partial charge in [0.1, 0.15) is 6.54 Å². The number of ketones is 1. The van der Waals surface area contributed by atoms with Crippen molar-refractivity contribution < 1.29 is 4.79 Å². The summed E-state index contributed by atoms with van der Waals surface area (Å²) in [7, 11) is 1.73. The van der Waals surface area contributed by atoms with Crippen molar-refractivity contribution >= 4 is 5.78 Å². The van der Waals surface area contributed by atoms with Crippen molar-refractivity contribution in [3.8, 4) is 12.3 Å². The molecule has 1 rings (SSSR count). The van der Waals surface area contributed by atoms with E-state index < -0.39 is 0 Å². The van der Waals surface area contributed by atoms with Crippen molar-refractivity contribution in [2.24, 2.45) is 0 Å². The third-order valence-electron chi connectivity index (χ3n) is 1.55. The summed E-state index contributed by atoms with van der Waals surface area (Å²) in [6.45, 7) is 0.717. The van der Waals surface area contributed by atoms with Gasteiger partial charge in [-0.15, -0.1) is 6.42 Å². The second-order valence-electron chi connectivity index (χ2n) is 2.58. The summed E-state index contributed by atoms with van der Waals surface area (Å²) in [6, 6.07) is 0. The molecule has 1 N–H and O–H groups in total. The summed E-state index contributed by atoms with van der Waals surface area (Å²) in [5.74, 6) is 2.46. The van der Waals surface area contributed by atoms with Crippen LogP contribution in [0.25, 0.3) is 0 Å². The van der Waals surface area contributed by atoms with Crippen LogP contribution in [0.1, 0.15) is 10.4 Å². The van der Waals surface area contributed by atoms with Gasteiger partial charge in [0.2, 0.25) is 0 Å². The largest absolute Gasteiger partial charge is 0.313 e. The predicted molar refractivity (Wildman–Crippen MR) is 49.3 cm³/mol. The molecular weight excluding hydrogens is 166 g/mol. The summed E-state index contributed by atoms with van der Waals surface area (Å²) in [5, 5.41) is 6.72. The number of rotatable bonds is 4. The first-order chi connectivity index (χ1) is 6.27. The number of terminal acetylenes is 1. The SMILES string of the molecule is C#CCn1cc(C(=O)CNC)cn1. The van der Waals surface area contributed by atoms with Crippen LogP contribution in [0.3, 0.4) is 0 Å². The van der Waals surface area contributed by atoms with Crippen molar-refractivity contribution in [2.75, 3.05) is 13.6 Å². The van der Waals surface area contributed by atoms with Gasteiger partial charge in [-0.25, -0.2) is 0 Å². The Morgan fingerprint density at radius 3 is 3.23 bits per heavy atom. The van der Waals surface area contributed by atoms with Crippen LogP contribution in [0.15, 0.2) is 12.4 Å². The Hall–Kier alpha value is -1.60. The fourth-order valence-electron chi connectivity index (χ4n) is 0.950. The molecular formula is C9H11N3O. The van der Waals surface area contributed by atoms with E-state index in [1.54, 1.807) is 17.9 Å². The van der Waals surface area contributed by atoms with E-state index in [0.717, 1.165) is 0 Å². The van der Waals surface area contributed by atoms with Gasteiger partial charge in [-0.2, -0.15) is 5.10 Å². The van der Waals surface area contributed by atoms with Gasteiger partial charge >= 0.3 is 0 Å². The van der Waals surface area contributed by atoms with Crippen LogP contribution in [0.4, 0.5) is 0 Å². The number of hydrogen-bond donors (Lipinski definition) is 1. The lowest BCUT2D eigenvalue weighted by Crippen LogP contribution is -2.18. The molecule has 0 aliphatic rings. The molecule has 0 atom stereocenters. The molecule has 0 fully saturated rings. The third kappa shape index (κ3) is 2.42. The number of nitrogens with zero attached hydrogens (tertiary/aromatic N) is 2. The Morgan fingerprint density at radius 1 is 1.85 bits per heavy atom. The molecule has 0 unspecified atom stereocenters. The summed E-state index contributed by atoms with van der Waals surface area (Å²) in [6.07, 6.45) is 8.27. The van der Waals surface area contributed by atoms with Gasteiger partial charge in [-0.1, -0.05) is 5.92 Å². The number of likely N-dealkylation sites (N-methyl/N-ethyl adjacent to an activating group) is 1. The van der Waals surface area contributed by atoms with Crippen LogP contribution in [-0.4, -0.2) is 29.2 Å². The first-order valence-corrected chi connectivity index (χ1v) is 3.91. The molecule has 0 aliphatic heterocycles. The molecule has 0 spiro atoms. The molecule has 4 heteroatoms. The lowest BCUT2D eigenvalue weighted by atomic mass is 10.2. The van der Waals surface area contributed by atoms with Gasteiger partial charge in [0.25, 0.3) is 0 Å². The second kappa shape index (κ2) is 4.43. The van der Waals surface area contributed by atoms with Crippen LogP contribution >= 0.6 is 0 Å². The highest BCUT2D eigenvalue weighted by molar-refractivity contribution is 5.97. The van der Waals surface area contributed by atoms with Crippen LogP contribution < -0.4 is 5.32 Å². The zero-order valence-electron chi connectivity index (χ0n) is 7.45. The molecule has 1 aromatic rings. The molecule has 0 saturated heterocycles. The van der Waals surface area contributed by atoms with Gasteiger partial charge in [0.05, 0.1) is 18.3 Å². The highest BCUT2D eigenvalue weighted by Crippen LogP contribution is 1.97. The van der Waals surface area contributed by atoms with E-state index in [-0.39, 0.29) is 5.78 Å². The van der Waals surface area contributed by atoms with Crippen LogP contribution in [0.2, 0.25) is 0 Å². The van der Waals surface area contributed by atoms with Gasteiger partial charge in [0.15, 0.2) is 5.78 Å². The van der Waals surface area contributed by atoms with E-state index >= 15 is 0 Å². The third-order valence-corrected chi connectivity index (χ3v) is 1.55. The van der Waals surface area contributed by atoms with Gasteiger partial charge in [-0.3, -0.25) is 9.48 Å². The Kier molecular flexibility index (Phi) is 3.23. The topological polar surface area (TPSA) is 46.9 Å². The minimum atomic E-state index is 0.0192. The zero-order valence-corrected chi connectivity index (χ0v) is 7.45. The molecule has 4 nitrogen and oxygen atoms in total. The molecule has 13 heavy (non-hydrogen) atoms. The maximum absolute atomic E-state index is 11.3. The molecule has 0 saturated carbocycles. The molecule has 0 aliphatic carbocycles. The Morgan fingerprint density at radius 2 is 2.62 bits per heavy atom. The van der Waals surface area contributed by atoms with Gasteiger partial charge in [0, 0.05) is 6.20 Å². The fourth-order valence-corrected chi connectivity index (χ4v) is 0.950. The lowest BCUT2D eigenvalue weighted by Gasteiger charge is -1.94. The fraction of sp³-hybridized carbons (Fsp3) is 0.333. The van der Waals surface area contributed by atoms with E-state index in [1.165, 1.54) is 6.20 Å². The minimum Gasteiger partial charge on any atom is -0.313 e. The van der Waals surface area contributed by atoms with Crippen molar-refractivity contribution in [1.29, 1.82) is 0 Å². The molecule has 1 aromatic heterocycles. The Balaban J connectivity index is 2.69. The maximum Gasteiger partial charge on any atom is 0.179 e. The van der Waals surface area contributed by atoms with Crippen LogP contribution in [-0.2, 0) is 6.54 Å². The highest BCUT2D eigenvalue weighted by Gasteiger charge is 2.06. The predicted octanol–water partition coefficient (Wildman–Crippen LogP) is -0.0816. The zero-order chi connectivity index (χ0) is 9.68. The summed E-state index contributed by atoms with van der Waals surface area (Å²) in [4.78, 5) is 11.3. The number of aromatic nitrogens is 2. The van der Waals surface area contributed by atoms with E-state index in [1.807, 2.05) is 0 Å². The quantitative estimate of drug-likeness (QED) is 0.517. The smallest absolute Gasteiger partial charge is 0.179 e. The highest BCUT2D eigenvalue weighted by atomic mass is 16.1. The molecule has 0 amide bonds.